The number of halogens is 4. The summed E-state index contributed by atoms with van der Waals surface area (Å²) in [4.78, 5) is 62.1. The molecule has 1 atom stereocenters. The van der Waals surface area contributed by atoms with Crippen LogP contribution >= 0.6 is 0 Å². The number of carbonyl (C=O) groups is 4. The number of carbonyl (C=O) groups excluding carboxylic acids is 4. The van der Waals surface area contributed by atoms with Crippen LogP contribution in [0.15, 0.2) is 66.9 Å². The average Bonchev–Trinajstić information content (AvgIpc) is 3.57. The highest BCUT2D eigenvalue weighted by atomic mass is 19.4. The van der Waals surface area contributed by atoms with Gasteiger partial charge in [-0.3, -0.25) is 34.3 Å². The number of benzene rings is 3. The molecule has 3 saturated heterocycles. The fourth-order valence-electron chi connectivity index (χ4n) is 8.82. The molecule has 4 aromatic rings. The smallest absolute Gasteiger partial charge is 0.419 e. The number of ether oxygens (including phenoxy) is 1. The molecule has 14 nitrogen and oxygen atoms in total. The van der Waals surface area contributed by atoms with Gasteiger partial charge in [-0.2, -0.15) is 13.2 Å². The van der Waals surface area contributed by atoms with Crippen LogP contribution in [0, 0.1) is 5.82 Å². The van der Waals surface area contributed by atoms with Gasteiger partial charge >= 0.3 is 6.18 Å². The first-order valence-corrected chi connectivity index (χ1v) is 20.6. The highest BCUT2D eigenvalue weighted by Crippen LogP contribution is 2.39. The summed E-state index contributed by atoms with van der Waals surface area (Å²) >= 11 is 0. The molecule has 0 aliphatic carbocycles. The van der Waals surface area contributed by atoms with Crippen molar-refractivity contribution in [3.63, 3.8) is 0 Å². The van der Waals surface area contributed by atoms with E-state index in [1.165, 1.54) is 43.3 Å². The largest absolute Gasteiger partial charge is 0.494 e. The number of amides is 4. The van der Waals surface area contributed by atoms with E-state index in [0.717, 1.165) is 64.0 Å². The predicted octanol–water partition coefficient (Wildman–Crippen LogP) is 5.64. The van der Waals surface area contributed by atoms with Crippen LogP contribution < -0.4 is 30.9 Å². The minimum absolute atomic E-state index is 0.136. The first kappa shape index (κ1) is 42.4. The quantitative estimate of drug-likeness (QED) is 0.110. The zero-order chi connectivity index (χ0) is 43.7. The molecule has 1 unspecified atom stereocenters. The lowest BCUT2D eigenvalue weighted by atomic mass is 10.0. The second-order valence-corrected chi connectivity index (χ2v) is 15.9. The summed E-state index contributed by atoms with van der Waals surface area (Å²) in [5.74, 6) is -1.52. The average molecular weight is 858 g/mol. The minimum Gasteiger partial charge on any atom is -0.494 e. The normalized spacial score (nSPS) is 19.0. The number of anilines is 5. The Balaban J connectivity index is 0.854. The van der Waals surface area contributed by atoms with Crippen molar-refractivity contribution in [2.24, 2.45) is 0 Å². The molecule has 3 fully saturated rings. The number of hydrogen-bond donors (Lipinski definition) is 4. The lowest BCUT2D eigenvalue weighted by Crippen LogP contribution is -2.53. The minimum atomic E-state index is -4.71. The number of rotatable bonds is 11. The fourth-order valence-corrected chi connectivity index (χ4v) is 8.82. The standard InChI is InChI=1S/C44H47F4N9O5/c1-49-41(59)30-5-3-4-6-34(30)51-36-22-39(50-23-32(36)44(46,47)48)52-35-8-7-29(20-38(35)62-2)55-13-11-28(12-14-55)56-17-15-54(16-18-56)24-27-19-26-25-57(43(61)31(26)21-33(27)45)37-9-10-40(58)53-42(37)60/h3-8,19-23,28,37H,9-18,24-25H2,1-2H3,(H,49,59)(H2,50,51,52)(H,53,58,60). The van der Waals surface area contributed by atoms with Crippen molar-refractivity contribution in [2.45, 2.75) is 57.0 Å². The van der Waals surface area contributed by atoms with E-state index < -0.39 is 41.3 Å². The summed E-state index contributed by atoms with van der Waals surface area (Å²) in [6, 6.07) is 15.8. The van der Waals surface area contributed by atoms with Crippen LogP contribution in [0.4, 0.5) is 46.1 Å². The van der Waals surface area contributed by atoms with Gasteiger partial charge in [-0.05, 0) is 61.2 Å². The maximum absolute atomic E-state index is 15.4. The second kappa shape index (κ2) is 17.6. The van der Waals surface area contributed by atoms with Gasteiger partial charge in [-0.1, -0.05) is 12.1 Å². The predicted molar refractivity (Wildman–Crippen MR) is 223 cm³/mol. The number of aromatic nitrogens is 1. The molecule has 0 saturated carbocycles. The Morgan fingerprint density at radius 3 is 2.37 bits per heavy atom. The maximum Gasteiger partial charge on any atom is 0.419 e. The zero-order valence-electron chi connectivity index (χ0n) is 34.3. The van der Waals surface area contributed by atoms with Crippen LogP contribution in [0.5, 0.6) is 5.75 Å². The molecule has 18 heteroatoms. The number of alkyl halides is 3. The summed E-state index contributed by atoms with van der Waals surface area (Å²) < 4.78 is 63.3. The van der Waals surface area contributed by atoms with E-state index in [1.807, 2.05) is 18.2 Å². The molecule has 4 N–H and O–H groups in total. The molecule has 4 aliphatic heterocycles. The van der Waals surface area contributed by atoms with Gasteiger partial charge in [0, 0.05) is 107 Å². The molecule has 8 rings (SSSR count). The van der Waals surface area contributed by atoms with Crippen LogP contribution in [-0.4, -0.2) is 109 Å². The van der Waals surface area contributed by atoms with Gasteiger partial charge < -0.3 is 30.5 Å². The number of nitrogens with one attached hydrogen (secondary N) is 4. The lowest BCUT2D eigenvalue weighted by molar-refractivity contribution is -0.138. The number of imide groups is 1. The van der Waals surface area contributed by atoms with Crippen LogP contribution in [0.3, 0.4) is 0 Å². The summed E-state index contributed by atoms with van der Waals surface area (Å²) in [5.41, 5.74) is 2.04. The summed E-state index contributed by atoms with van der Waals surface area (Å²) in [5, 5.41) is 10.7. The van der Waals surface area contributed by atoms with Crippen molar-refractivity contribution < 1.29 is 41.5 Å². The molecule has 326 valence electrons. The van der Waals surface area contributed by atoms with Crippen molar-refractivity contribution >= 4 is 52.2 Å². The first-order chi connectivity index (χ1) is 29.8. The Morgan fingerprint density at radius 2 is 1.66 bits per heavy atom. The van der Waals surface area contributed by atoms with Gasteiger partial charge in [0.2, 0.25) is 11.8 Å². The number of piperazine rings is 1. The number of hydrogen-bond acceptors (Lipinski definition) is 11. The molecule has 5 heterocycles. The molecule has 0 radical (unpaired) electrons. The van der Waals surface area contributed by atoms with Gasteiger partial charge in [0.1, 0.15) is 23.4 Å². The van der Waals surface area contributed by atoms with E-state index >= 15 is 4.39 Å². The van der Waals surface area contributed by atoms with E-state index in [-0.39, 0.29) is 53.6 Å². The van der Waals surface area contributed by atoms with E-state index in [9.17, 15) is 32.3 Å². The third kappa shape index (κ3) is 8.88. The van der Waals surface area contributed by atoms with Crippen LogP contribution in [0.25, 0.3) is 0 Å². The van der Waals surface area contributed by atoms with Crippen molar-refractivity contribution in [1.29, 1.82) is 0 Å². The molecule has 0 spiro atoms. The van der Waals surface area contributed by atoms with Crippen LogP contribution in [0.1, 0.15) is 63.1 Å². The number of piperidine rings is 2. The SMILES string of the molecule is CNC(=O)c1ccccc1Nc1cc(Nc2ccc(N3CCC(N4CCN(Cc5cc6c(cc5F)C(=O)N(C5CCC(=O)NC5=O)C6)CC4)CC3)cc2OC)ncc1C(F)(F)F. The van der Waals surface area contributed by atoms with Crippen LogP contribution in [0.2, 0.25) is 0 Å². The van der Waals surface area contributed by atoms with E-state index in [1.54, 1.807) is 18.2 Å². The lowest BCUT2D eigenvalue weighted by Gasteiger charge is -2.43. The summed E-state index contributed by atoms with van der Waals surface area (Å²) in [6.07, 6.45) is -1.68. The Morgan fingerprint density at radius 1 is 0.903 bits per heavy atom. The molecular formula is C44H47F4N9O5. The van der Waals surface area contributed by atoms with Gasteiger partial charge in [0.25, 0.3) is 11.8 Å². The van der Waals surface area contributed by atoms with Gasteiger partial charge in [0.05, 0.1) is 35.3 Å². The third-order valence-electron chi connectivity index (χ3n) is 12.2. The number of nitrogens with zero attached hydrogens (tertiary/aromatic N) is 5. The van der Waals surface area contributed by atoms with Crippen LogP contribution in [-0.2, 0) is 28.9 Å². The molecule has 3 aromatic carbocycles. The molecule has 0 bridgehead atoms. The molecule has 4 aliphatic rings. The molecule has 4 amide bonds. The van der Waals surface area contributed by atoms with Gasteiger partial charge in [0.15, 0.2) is 0 Å². The molecular weight excluding hydrogens is 811 g/mol. The van der Waals surface area contributed by atoms with Gasteiger partial charge in [-0.25, -0.2) is 9.37 Å². The van der Waals surface area contributed by atoms with Crippen molar-refractivity contribution in [2.75, 3.05) is 69.0 Å². The number of pyridine rings is 1. The van der Waals surface area contributed by atoms with Crippen molar-refractivity contribution in [3.8, 4) is 5.75 Å². The monoisotopic (exact) mass is 857 g/mol. The number of methoxy groups -OCH3 is 1. The van der Waals surface area contributed by atoms with E-state index in [4.69, 9.17) is 4.74 Å². The van der Waals surface area contributed by atoms with E-state index in [2.05, 4.69) is 41.0 Å². The molecule has 1 aromatic heterocycles. The highest BCUT2D eigenvalue weighted by molar-refractivity contribution is 6.05. The highest BCUT2D eigenvalue weighted by Gasteiger charge is 2.40. The van der Waals surface area contributed by atoms with Crippen molar-refractivity contribution in [3.05, 3.63) is 100 Å². The summed E-state index contributed by atoms with van der Waals surface area (Å²) in [6.45, 7) is 5.42. The summed E-state index contributed by atoms with van der Waals surface area (Å²) in [7, 11) is 2.97. The molecule has 62 heavy (non-hydrogen) atoms. The Hall–Kier alpha value is -6.27. The van der Waals surface area contributed by atoms with Crippen molar-refractivity contribution in [1.82, 2.24) is 30.3 Å². The fraction of sp³-hybridized carbons (Fsp3) is 0.386. The Bertz CT molecular complexity index is 2380. The maximum atomic E-state index is 15.4. The number of fused-ring (bicyclic) bond motifs is 1. The Labute approximate surface area is 355 Å². The number of para-hydroxylation sites is 1. The van der Waals surface area contributed by atoms with E-state index in [0.29, 0.717) is 35.2 Å². The topological polar surface area (TPSA) is 151 Å². The third-order valence-corrected chi connectivity index (χ3v) is 12.2. The Kier molecular flexibility index (Phi) is 12.0. The van der Waals surface area contributed by atoms with Gasteiger partial charge in [-0.15, -0.1) is 0 Å². The first-order valence-electron chi connectivity index (χ1n) is 20.6. The second-order valence-electron chi connectivity index (χ2n) is 15.9. The zero-order valence-corrected chi connectivity index (χ0v) is 34.3.